The van der Waals surface area contributed by atoms with E-state index in [2.05, 4.69) is 9.71 Å². The average Bonchev–Trinajstić information content (AvgIpc) is 3.24. The lowest BCUT2D eigenvalue weighted by molar-refractivity contribution is 0.601. The normalized spacial score (nSPS) is 11.5. The van der Waals surface area contributed by atoms with Crippen LogP contribution in [0.3, 0.4) is 0 Å². The van der Waals surface area contributed by atoms with Gasteiger partial charge in [-0.2, -0.15) is 0 Å². The molecule has 0 radical (unpaired) electrons. The molecule has 5 rings (SSSR count). The number of fused-ring (bicyclic) bond motifs is 1. The van der Waals surface area contributed by atoms with Gasteiger partial charge < -0.3 is 4.40 Å². The molecule has 5 aromatic rings. The molecule has 0 aliphatic heterocycles. The summed E-state index contributed by atoms with van der Waals surface area (Å²) in [6.07, 6.45) is 3.89. The molecular weight excluding hydrogens is 406 g/mol. The number of hydrogen-bond donors (Lipinski definition) is 1. The maximum atomic E-state index is 12.8. The first-order valence-electron chi connectivity index (χ1n) is 9.81. The molecule has 31 heavy (non-hydrogen) atoms. The number of nitrogens with zero attached hydrogens (tertiary/aromatic N) is 2. The van der Waals surface area contributed by atoms with Crippen molar-refractivity contribution in [1.29, 1.82) is 0 Å². The number of hydrogen-bond acceptors (Lipinski definition) is 3. The van der Waals surface area contributed by atoms with Gasteiger partial charge in [0.25, 0.3) is 10.0 Å². The second-order valence-corrected chi connectivity index (χ2v) is 8.85. The van der Waals surface area contributed by atoms with E-state index < -0.39 is 10.0 Å². The Morgan fingerprint density at radius 1 is 0.677 bits per heavy atom. The van der Waals surface area contributed by atoms with Gasteiger partial charge in [0.2, 0.25) is 0 Å². The molecule has 0 atom stereocenters. The van der Waals surface area contributed by atoms with E-state index in [-0.39, 0.29) is 4.90 Å². The summed E-state index contributed by atoms with van der Waals surface area (Å²) in [5.41, 5.74) is 5.12. The minimum atomic E-state index is -3.68. The van der Waals surface area contributed by atoms with Gasteiger partial charge in [-0.1, -0.05) is 60.7 Å². The molecule has 0 fully saturated rings. The van der Waals surface area contributed by atoms with Gasteiger partial charge in [-0.05, 0) is 47.5 Å². The van der Waals surface area contributed by atoms with E-state index in [1.165, 1.54) is 0 Å². The van der Waals surface area contributed by atoms with E-state index >= 15 is 0 Å². The van der Waals surface area contributed by atoms with Crippen LogP contribution in [-0.4, -0.2) is 17.8 Å². The van der Waals surface area contributed by atoms with Crippen molar-refractivity contribution in [3.8, 4) is 22.4 Å². The van der Waals surface area contributed by atoms with Crippen molar-refractivity contribution in [3.05, 3.63) is 109 Å². The molecule has 0 aliphatic carbocycles. The molecule has 0 unspecified atom stereocenters. The van der Waals surface area contributed by atoms with Crippen LogP contribution >= 0.6 is 0 Å². The van der Waals surface area contributed by atoms with Crippen LogP contribution in [0.2, 0.25) is 0 Å². The van der Waals surface area contributed by atoms with Gasteiger partial charge >= 0.3 is 0 Å². The fourth-order valence-electron chi connectivity index (χ4n) is 3.45. The lowest BCUT2D eigenvalue weighted by Crippen LogP contribution is -2.12. The van der Waals surface area contributed by atoms with Crippen LogP contribution in [0.1, 0.15) is 0 Å². The monoisotopic (exact) mass is 425 g/mol. The summed E-state index contributed by atoms with van der Waals surface area (Å²) in [6, 6.07) is 29.8. The number of nitrogens with one attached hydrogen (secondary N) is 1. The molecule has 6 heteroatoms. The highest BCUT2D eigenvalue weighted by Gasteiger charge is 2.14. The molecule has 152 valence electrons. The Labute approximate surface area is 180 Å². The van der Waals surface area contributed by atoms with Crippen LogP contribution in [-0.2, 0) is 10.0 Å². The first-order chi connectivity index (χ1) is 15.1. The van der Waals surface area contributed by atoms with Crippen LogP contribution in [0.5, 0.6) is 0 Å². The Bertz CT molecular complexity index is 1410. The highest BCUT2D eigenvalue weighted by Crippen LogP contribution is 2.24. The molecule has 0 saturated heterocycles. The third-order valence-electron chi connectivity index (χ3n) is 5.07. The van der Waals surface area contributed by atoms with E-state index in [1.54, 1.807) is 24.3 Å². The van der Waals surface area contributed by atoms with E-state index in [9.17, 15) is 8.42 Å². The van der Waals surface area contributed by atoms with Gasteiger partial charge in [-0.25, -0.2) is 13.4 Å². The molecule has 1 N–H and O–H groups in total. The Balaban J connectivity index is 1.35. The number of rotatable bonds is 5. The van der Waals surface area contributed by atoms with Gasteiger partial charge in [0, 0.05) is 23.6 Å². The Kier molecular flexibility index (Phi) is 4.76. The van der Waals surface area contributed by atoms with E-state index in [1.807, 2.05) is 89.6 Å². The summed E-state index contributed by atoms with van der Waals surface area (Å²) in [6.45, 7) is 0. The summed E-state index contributed by atoms with van der Waals surface area (Å²) in [5, 5.41) is 0. The standard InChI is InChI=1S/C25H19N3O2S/c29-31(30,23-15-11-20(12-16-23)19-6-2-1-3-7-19)27-22-13-9-21(10-14-22)24-18-28-17-5-4-8-25(28)26-24/h1-18,27H. The van der Waals surface area contributed by atoms with Crippen LogP contribution < -0.4 is 4.72 Å². The molecule has 5 nitrogen and oxygen atoms in total. The van der Waals surface area contributed by atoms with Crippen molar-refractivity contribution >= 4 is 21.4 Å². The summed E-state index contributed by atoms with van der Waals surface area (Å²) < 4.78 is 30.2. The third kappa shape index (κ3) is 3.93. The number of pyridine rings is 1. The van der Waals surface area contributed by atoms with Gasteiger partial charge in [0.15, 0.2) is 0 Å². The minimum Gasteiger partial charge on any atom is -0.306 e. The molecule has 0 bridgehead atoms. The number of aromatic nitrogens is 2. The number of sulfonamides is 1. The maximum absolute atomic E-state index is 12.8. The second-order valence-electron chi connectivity index (χ2n) is 7.17. The van der Waals surface area contributed by atoms with Crippen LogP contribution in [0.25, 0.3) is 28.0 Å². The highest BCUT2D eigenvalue weighted by molar-refractivity contribution is 7.92. The zero-order chi connectivity index (χ0) is 21.3. The zero-order valence-corrected chi connectivity index (χ0v) is 17.3. The zero-order valence-electron chi connectivity index (χ0n) is 16.5. The Morgan fingerprint density at radius 2 is 1.32 bits per heavy atom. The van der Waals surface area contributed by atoms with E-state index in [4.69, 9.17) is 0 Å². The fourth-order valence-corrected chi connectivity index (χ4v) is 4.51. The van der Waals surface area contributed by atoms with Crippen molar-refractivity contribution in [2.75, 3.05) is 4.72 Å². The summed E-state index contributed by atoms with van der Waals surface area (Å²) >= 11 is 0. The SMILES string of the molecule is O=S(=O)(Nc1ccc(-c2cn3ccccc3n2)cc1)c1ccc(-c2ccccc2)cc1. The van der Waals surface area contributed by atoms with Crippen molar-refractivity contribution in [2.24, 2.45) is 0 Å². The van der Waals surface area contributed by atoms with Crippen LogP contribution in [0.15, 0.2) is 114 Å². The molecule has 0 spiro atoms. The van der Waals surface area contributed by atoms with Gasteiger partial charge in [-0.15, -0.1) is 0 Å². The second kappa shape index (κ2) is 7.74. The maximum Gasteiger partial charge on any atom is 0.261 e. The molecule has 3 aromatic carbocycles. The molecule has 0 saturated carbocycles. The van der Waals surface area contributed by atoms with Gasteiger partial charge in [0.05, 0.1) is 10.6 Å². The van der Waals surface area contributed by atoms with Gasteiger partial charge in [-0.3, -0.25) is 4.72 Å². The van der Waals surface area contributed by atoms with E-state index in [0.29, 0.717) is 5.69 Å². The molecule has 0 aliphatic rings. The fraction of sp³-hybridized carbons (Fsp3) is 0. The average molecular weight is 426 g/mol. The summed E-state index contributed by atoms with van der Waals surface area (Å²) in [7, 11) is -3.68. The highest BCUT2D eigenvalue weighted by atomic mass is 32.2. The molecule has 2 aromatic heterocycles. The van der Waals surface area contributed by atoms with Gasteiger partial charge in [0.1, 0.15) is 5.65 Å². The summed E-state index contributed by atoms with van der Waals surface area (Å²) in [5.74, 6) is 0. The van der Waals surface area contributed by atoms with Crippen molar-refractivity contribution in [3.63, 3.8) is 0 Å². The predicted molar refractivity (Wildman–Crippen MR) is 123 cm³/mol. The third-order valence-corrected chi connectivity index (χ3v) is 6.47. The number of benzene rings is 3. The van der Waals surface area contributed by atoms with Crippen LogP contribution in [0.4, 0.5) is 5.69 Å². The van der Waals surface area contributed by atoms with Crippen molar-refractivity contribution < 1.29 is 8.42 Å². The number of anilines is 1. The topological polar surface area (TPSA) is 63.5 Å². The molecule has 0 amide bonds. The molecular formula is C25H19N3O2S. The predicted octanol–water partition coefficient (Wildman–Crippen LogP) is 5.47. The van der Waals surface area contributed by atoms with E-state index in [0.717, 1.165) is 28.0 Å². The lowest BCUT2D eigenvalue weighted by Gasteiger charge is -2.09. The molecule has 2 heterocycles. The first-order valence-corrected chi connectivity index (χ1v) is 11.3. The number of imidazole rings is 1. The first kappa shape index (κ1) is 19.1. The smallest absolute Gasteiger partial charge is 0.261 e. The minimum absolute atomic E-state index is 0.219. The lowest BCUT2D eigenvalue weighted by atomic mass is 10.1. The summed E-state index contributed by atoms with van der Waals surface area (Å²) in [4.78, 5) is 4.81. The Hall–Kier alpha value is -3.90. The van der Waals surface area contributed by atoms with Crippen LogP contribution in [0, 0.1) is 0 Å². The Morgan fingerprint density at radius 3 is 2.03 bits per heavy atom. The van der Waals surface area contributed by atoms with Crippen molar-refractivity contribution in [1.82, 2.24) is 9.38 Å². The largest absolute Gasteiger partial charge is 0.306 e. The van der Waals surface area contributed by atoms with Crippen molar-refractivity contribution in [2.45, 2.75) is 4.90 Å². The quantitative estimate of drug-likeness (QED) is 0.406.